The summed E-state index contributed by atoms with van der Waals surface area (Å²) < 4.78 is 6.01. The van der Waals surface area contributed by atoms with Gasteiger partial charge in [0.05, 0.1) is 12.7 Å². The zero-order valence-corrected chi connectivity index (χ0v) is 12.3. The molecule has 1 rings (SSSR count). The van der Waals surface area contributed by atoms with E-state index in [4.69, 9.17) is 4.74 Å². The quantitative estimate of drug-likeness (QED) is 0.653. The molecule has 0 spiro atoms. The summed E-state index contributed by atoms with van der Waals surface area (Å²) in [5, 5.41) is 0. The third-order valence-corrected chi connectivity index (χ3v) is 3.19. The summed E-state index contributed by atoms with van der Waals surface area (Å²) >= 11 is 0. The number of hydrogen-bond donors (Lipinski definition) is 0. The Kier molecular flexibility index (Phi) is 6.14. The Morgan fingerprint density at radius 1 is 1.11 bits per heavy atom. The van der Waals surface area contributed by atoms with Crippen molar-refractivity contribution in [3.63, 3.8) is 0 Å². The van der Waals surface area contributed by atoms with E-state index in [1.807, 2.05) is 6.07 Å². The highest BCUT2D eigenvalue weighted by molar-refractivity contribution is 5.13. The van der Waals surface area contributed by atoms with Gasteiger partial charge in [0.15, 0.2) is 0 Å². The van der Waals surface area contributed by atoms with Crippen LogP contribution in [0.1, 0.15) is 40.2 Å². The van der Waals surface area contributed by atoms with E-state index in [1.54, 1.807) is 0 Å². The van der Waals surface area contributed by atoms with Gasteiger partial charge in [-0.15, -0.1) is 0 Å². The van der Waals surface area contributed by atoms with Gasteiger partial charge in [-0.1, -0.05) is 55.8 Å². The Morgan fingerprint density at radius 2 is 1.72 bits per heavy atom. The third kappa shape index (κ3) is 5.05. The molecule has 0 aliphatic carbocycles. The molecule has 18 heavy (non-hydrogen) atoms. The van der Waals surface area contributed by atoms with Gasteiger partial charge in [0.25, 0.3) is 0 Å². The van der Waals surface area contributed by atoms with Crippen molar-refractivity contribution < 1.29 is 4.74 Å². The van der Waals surface area contributed by atoms with Crippen molar-refractivity contribution >= 4 is 0 Å². The van der Waals surface area contributed by atoms with Gasteiger partial charge >= 0.3 is 0 Å². The summed E-state index contributed by atoms with van der Waals surface area (Å²) in [4.78, 5) is 0. The van der Waals surface area contributed by atoms with Crippen molar-refractivity contribution in [3.8, 4) is 0 Å². The van der Waals surface area contributed by atoms with E-state index >= 15 is 0 Å². The zero-order chi connectivity index (χ0) is 13.5. The summed E-state index contributed by atoms with van der Waals surface area (Å²) in [5.74, 6) is 1.09. The second-order valence-electron chi connectivity index (χ2n) is 5.57. The highest BCUT2D eigenvalue weighted by Crippen LogP contribution is 2.22. The highest BCUT2D eigenvalue weighted by atomic mass is 16.5. The molecule has 1 nitrogen and oxygen atoms in total. The maximum atomic E-state index is 6.01. The molecule has 0 amide bonds. The topological polar surface area (TPSA) is 9.23 Å². The van der Waals surface area contributed by atoms with Crippen molar-refractivity contribution in [1.29, 1.82) is 0 Å². The van der Waals surface area contributed by atoms with Crippen LogP contribution in [-0.2, 0) is 11.3 Å². The Hall–Kier alpha value is -1.08. The molecular formula is C17H26O. The Morgan fingerprint density at radius 3 is 2.22 bits per heavy atom. The molecule has 0 aromatic heterocycles. The second kappa shape index (κ2) is 7.38. The maximum absolute atomic E-state index is 6.01. The number of rotatable bonds is 6. The van der Waals surface area contributed by atoms with Crippen molar-refractivity contribution in [2.45, 2.75) is 47.3 Å². The Balaban J connectivity index is 2.57. The van der Waals surface area contributed by atoms with E-state index in [0.717, 1.165) is 0 Å². The first-order valence-corrected chi connectivity index (χ1v) is 6.81. The number of hydrogen-bond acceptors (Lipinski definition) is 1. The molecule has 100 valence electrons. The van der Waals surface area contributed by atoms with Gasteiger partial charge in [0.2, 0.25) is 0 Å². The van der Waals surface area contributed by atoms with Crippen molar-refractivity contribution in [1.82, 2.24) is 0 Å². The molecule has 0 aliphatic rings. The lowest BCUT2D eigenvalue weighted by Crippen LogP contribution is -2.24. The molecule has 0 radical (unpaired) electrons. The highest BCUT2D eigenvalue weighted by Gasteiger charge is 2.19. The minimum absolute atomic E-state index is 0.250. The second-order valence-corrected chi connectivity index (χ2v) is 5.57. The smallest absolute Gasteiger partial charge is 0.0720 e. The number of benzene rings is 1. The van der Waals surface area contributed by atoms with Crippen LogP contribution < -0.4 is 0 Å². The van der Waals surface area contributed by atoms with Crippen LogP contribution in [0, 0.1) is 11.8 Å². The summed E-state index contributed by atoms with van der Waals surface area (Å²) in [5.41, 5.74) is 2.60. The molecule has 0 aliphatic heterocycles. The first kappa shape index (κ1) is 15.0. The van der Waals surface area contributed by atoms with Crippen LogP contribution in [0.15, 0.2) is 42.0 Å². The van der Waals surface area contributed by atoms with Gasteiger partial charge in [-0.05, 0) is 32.3 Å². The summed E-state index contributed by atoms with van der Waals surface area (Å²) in [6.07, 6.45) is 2.58. The predicted molar refractivity (Wildman–Crippen MR) is 78.5 cm³/mol. The van der Waals surface area contributed by atoms with Crippen LogP contribution in [-0.4, -0.2) is 6.10 Å². The van der Waals surface area contributed by atoms with Crippen LogP contribution in [0.5, 0.6) is 0 Å². The van der Waals surface area contributed by atoms with E-state index in [-0.39, 0.29) is 6.10 Å². The molecule has 0 saturated carbocycles. The monoisotopic (exact) mass is 246 g/mol. The number of allylic oxidation sites excluding steroid dienone is 1. The van der Waals surface area contributed by atoms with E-state index in [2.05, 4.69) is 65.0 Å². The zero-order valence-electron chi connectivity index (χ0n) is 12.3. The van der Waals surface area contributed by atoms with Crippen LogP contribution in [0.4, 0.5) is 0 Å². The van der Waals surface area contributed by atoms with Gasteiger partial charge < -0.3 is 4.74 Å². The normalized spacial score (nSPS) is 14.3. The molecule has 0 N–H and O–H groups in total. The van der Waals surface area contributed by atoms with E-state index in [1.165, 1.54) is 11.1 Å². The lowest BCUT2D eigenvalue weighted by molar-refractivity contribution is 0.0142. The molecule has 2 atom stereocenters. The summed E-state index contributed by atoms with van der Waals surface area (Å²) in [6, 6.07) is 10.4. The molecule has 0 saturated heterocycles. The largest absolute Gasteiger partial charge is 0.373 e. The average Bonchev–Trinajstić information content (AvgIpc) is 2.34. The van der Waals surface area contributed by atoms with E-state index < -0.39 is 0 Å². The molecule has 0 fully saturated rings. The van der Waals surface area contributed by atoms with Crippen LogP contribution in [0.3, 0.4) is 0 Å². The fourth-order valence-electron chi connectivity index (χ4n) is 2.17. The fourth-order valence-corrected chi connectivity index (χ4v) is 2.17. The van der Waals surface area contributed by atoms with Crippen molar-refractivity contribution in [3.05, 3.63) is 47.5 Å². The van der Waals surface area contributed by atoms with Crippen LogP contribution >= 0.6 is 0 Å². The Bertz CT molecular complexity index is 360. The van der Waals surface area contributed by atoms with Gasteiger partial charge in [0, 0.05) is 5.92 Å². The summed E-state index contributed by atoms with van der Waals surface area (Å²) in [7, 11) is 0. The third-order valence-electron chi connectivity index (χ3n) is 3.19. The molecule has 1 aromatic carbocycles. The van der Waals surface area contributed by atoms with E-state index in [0.29, 0.717) is 18.4 Å². The van der Waals surface area contributed by atoms with Crippen LogP contribution in [0.25, 0.3) is 0 Å². The maximum Gasteiger partial charge on any atom is 0.0720 e. The molecule has 1 heteroatoms. The van der Waals surface area contributed by atoms with E-state index in [9.17, 15) is 0 Å². The van der Waals surface area contributed by atoms with Crippen LogP contribution in [0.2, 0.25) is 0 Å². The molecule has 0 heterocycles. The molecule has 0 bridgehead atoms. The first-order chi connectivity index (χ1) is 8.50. The molecular weight excluding hydrogens is 220 g/mol. The average molecular weight is 246 g/mol. The molecule has 1 aromatic rings. The first-order valence-electron chi connectivity index (χ1n) is 6.81. The van der Waals surface area contributed by atoms with Crippen molar-refractivity contribution in [2.75, 3.05) is 0 Å². The lowest BCUT2D eigenvalue weighted by atomic mass is 9.89. The van der Waals surface area contributed by atoms with Gasteiger partial charge in [-0.25, -0.2) is 0 Å². The lowest BCUT2D eigenvalue weighted by Gasteiger charge is -2.25. The Labute approximate surface area is 112 Å². The van der Waals surface area contributed by atoms with Gasteiger partial charge in [-0.3, -0.25) is 0 Å². The summed E-state index contributed by atoms with van der Waals surface area (Å²) in [6.45, 7) is 11.7. The fraction of sp³-hybridized carbons (Fsp3) is 0.529. The molecule has 0 unspecified atom stereocenters. The number of ether oxygens (including phenoxy) is 1. The SMILES string of the molecule is CC(C)=C[C@@H](C(C)C)[C@H](C)OCc1ccccc1. The standard InChI is InChI=1S/C17H26O/c1-13(2)11-17(14(3)4)15(5)18-12-16-9-7-6-8-10-16/h6-11,14-15,17H,12H2,1-5H3/t15-,17-/m0/s1. The minimum Gasteiger partial charge on any atom is -0.373 e. The van der Waals surface area contributed by atoms with Crippen molar-refractivity contribution in [2.24, 2.45) is 11.8 Å². The van der Waals surface area contributed by atoms with Gasteiger partial charge in [0.1, 0.15) is 0 Å². The predicted octanol–water partition coefficient (Wildman–Crippen LogP) is 4.83. The minimum atomic E-state index is 0.250. The van der Waals surface area contributed by atoms with Gasteiger partial charge in [-0.2, -0.15) is 0 Å².